The van der Waals surface area contributed by atoms with Crippen LogP contribution in [-0.4, -0.2) is 41.9 Å². The summed E-state index contributed by atoms with van der Waals surface area (Å²) in [5.41, 5.74) is 5.51. The van der Waals surface area contributed by atoms with Gasteiger partial charge in [0, 0.05) is 25.8 Å². The third kappa shape index (κ3) is 3.23. The van der Waals surface area contributed by atoms with Crippen molar-refractivity contribution in [2.75, 3.05) is 31.1 Å². The highest BCUT2D eigenvalue weighted by Crippen LogP contribution is 2.42. The molecule has 4 rings (SSSR count). The van der Waals surface area contributed by atoms with Crippen LogP contribution in [0.5, 0.6) is 5.75 Å². The summed E-state index contributed by atoms with van der Waals surface area (Å²) in [5.74, 6) is -2.12. The molecule has 30 heavy (non-hydrogen) atoms. The maximum absolute atomic E-state index is 15.2. The number of aromatic nitrogens is 1. The highest BCUT2D eigenvalue weighted by molar-refractivity contribution is 5.97. The molecule has 1 saturated heterocycles. The van der Waals surface area contributed by atoms with E-state index in [1.54, 1.807) is 9.47 Å². The minimum absolute atomic E-state index is 0.0257. The van der Waals surface area contributed by atoms with Crippen LogP contribution in [0.25, 0.3) is 10.9 Å². The zero-order valence-corrected chi connectivity index (χ0v) is 16.6. The fraction of sp³-hybridized carbons (Fsp3) is 0.429. The molecule has 0 radical (unpaired) electrons. The summed E-state index contributed by atoms with van der Waals surface area (Å²) in [6, 6.07) is 0.859. The molecule has 3 N–H and O–H groups in total. The Labute approximate surface area is 171 Å². The van der Waals surface area contributed by atoms with Crippen molar-refractivity contribution in [1.82, 2.24) is 4.57 Å². The van der Waals surface area contributed by atoms with E-state index in [4.69, 9.17) is 10.5 Å². The number of hydrogen-bond acceptors (Lipinski definition) is 5. The molecule has 2 aliphatic heterocycles. The second-order valence-electron chi connectivity index (χ2n) is 7.73. The number of ether oxygens (including phenoxy) is 1. The number of nitrogens with zero attached hydrogens (tertiary/aromatic N) is 2. The van der Waals surface area contributed by atoms with Crippen LogP contribution in [0, 0.1) is 5.82 Å². The lowest BCUT2D eigenvalue weighted by Gasteiger charge is -2.32. The van der Waals surface area contributed by atoms with Crippen molar-refractivity contribution < 1.29 is 23.4 Å². The van der Waals surface area contributed by atoms with Crippen LogP contribution < -0.4 is 20.8 Å². The molecule has 1 fully saturated rings. The normalized spacial score (nSPS) is 20.7. The Morgan fingerprint density at radius 3 is 2.83 bits per heavy atom. The Bertz CT molecular complexity index is 1130. The molecule has 0 aliphatic carbocycles. The quantitative estimate of drug-likeness (QED) is 0.794. The molecular weight excluding hydrogens is 396 g/mol. The third-order valence-electron chi connectivity index (χ3n) is 5.84. The van der Waals surface area contributed by atoms with Crippen molar-refractivity contribution in [2.45, 2.75) is 32.2 Å². The molecule has 0 spiro atoms. The van der Waals surface area contributed by atoms with E-state index < -0.39 is 22.8 Å². The number of hydrogen-bond donors (Lipinski definition) is 2. The molecule has 1 aromatic heterocycles. The molecule has 3 heterocycles. The number of aromatic carboxylic acids is 1. The Morgan fingerprint density at radius 1 is 1.37 bits per heavy atom. The number of carboxylic acids is 1. The third-order valence-corrected chi connectivity index (χ3v) is 5.84. The monoisotopic (exact) mass is 419 g/mol. The van der Waals surface area contributed by atoms with Gasteiger partial charge in [-0.05, 0) is 37.8 Å². The van der Waals surface area contributed by atoms with E-state index in [0.717, 1.165) is 6.07 Å². The van der Waals surface area contributed by atoms with Gasteiger partial charge in [-0.2, -0.15) is 0 Å². The molecule has 7 nitrogen and oxygen atoms in total. The van der Waals surface area contributed by atoms with E-state index in [0.29, 0.717) is 43.4 Å². The minimum atomic E-state index is -1.36. The van der Waals surface area contributed by atoms with Gasteiger partial charge in [0.25, 0.3) is 0 Å². The lowest BCUT2D eigenvalue weighted by Crippen LogP contribution is -2.30. The molecule has 1 atom stereocenters. The number of halogens is 2. The zero-order valence-electron chi connectivity index (χ0n) is 16.6. The van der Waals surface area contributed by atoms with Crippen molar-refractivity contribution in [1.29, 1.82) is 0 Å². The summed E-state index contributed by atoms with van der Waals surface area (Å²) in [6.07, 6.45) is 2.89. The standard InChI is InChI=1S/C21H23F2N3O4/c1-11-10-30-20-17-13(19(27)14(21(28)29)9-26(11)17)7-15(22)18(20)25-5-2-3-12(4-6-25)16(23)8-24/h7,9,11H,2-6,8,10,24H2,1H3,(H,28,29)/b16-12-/t11-/m0/s1. The first kappa shape index (κ1) is 20.3. The van der Waals surface area contributed by atoms with E-state index >= 15 is 4.39 Å². The summed E-state index contributed by atoms with van der Waals surface area (Å²) in [7, 11) is 0. The number of carbonyl (C=O) groups is 1. The van der Waals surface area contributed by atoms with E-state index in [1.165, 1.54) is 6.20 Å². The van der Waals surface area contributed by atoms with Gasteiger partial charge in [0.1, 0.15) is 23.7 Å². The van der Waals surface area contributed by atoms with E-state index in [-0.39, 0.29) is 41.8 Å². The van der Waals surface area contributed by atoms with Crippen LogP contribution in [-0.2, 0) is 0 Å². The van der Waals surface area contributed by atoms with Gasteiger partial charge in [-0.3, -0.25) is 4.79 Å². The van der Waals surface area contributed by atoms with Crippen LogP contribution >= 0.6 is 0 Å². The van der Waals surface area contributed by atoms with Gasteiger partial charge in [-0.15, -0.1) is 0 Å². The van der Waals surface area contributed by atoms with Gasteiger partial charge in [-0.25, -0.2) is 13.6 Å². The number of nitrogens with two attached hydrogens (primary N) is 1. The fourth-order valence-electron chi connectivity index (χ4n) is 4.29. The molecule has 2 aromatic rings. The van der Waals surface area contributed by atoms with Crippen LogP contribution in [0.2, 0.25) is 0 Å². The van der Waals surface area contributed by atoms with Crippen molar-refractivity contribution in [2.24, 2.45) is 5.73 Å². The molecule has 0 unspecified atom stereocenters. The summed E-state index contributed by atoms with van der Waals surface area (Å²) in [6.45, 7) is 2.77. The lowest BCUT2D eigenvalue weighted by molar-refractivity contribution is 0.0694. The fourth-order valence-corrected chi connectivity index (χ4v) is 4.29. The highest BCUT2D eigenvalue weighted by atomic mass is 19.1. The number of rotatable bonds is 3. The van der Waals surface area contributed by atoms with Crippen LogP contribution in [0.3, 0.4) is 0 Å². The SMILES string of the molecule is C[C@H]1COc2c(N3CCC/C(=C(/F)CN)CC3)c(F)cc3c(=O)c(C(=O)O)cn1c23. The van der Waals surface area contributed by atoms with Crippen molar-refractivity contribution >= 4 is 22.6 Å². The second-order valence-corrected chi connectivity index (χ2v) is 7.73. The first-order valence-corrected chi connectivity index (χ1v) is 9.92. The molecule has 0 amide bonds. The largest absolute Gasteiger partial charge is 0.487 e. The average molecular weight is 419 g/mol. The van der Waals surface area contributed by atoms with Crippen molar-refractivity contribution in [3.63, 3.8) is 0 Å². The Balaban J connectivity index is 1.89. The van der Waals surface area contributed by atoms with E-state index in [1.807, 2.05) is 6.92 Å². The van der Waals surface area contributed by atoms with Gasteiger partial charge in [0.05, 0.1) is 16.9 Å². The van der Waals surface area contributed by atoms with E-state index in [2.05, 4.69) is 0 Å². The van der Waals surface area contributed by atoms with Crippen molar-refractivity contribution in [3.8, 4) is 5.75 Å². The highest BCUT2D eigenvalue weighted by Gasteiger charge is 2.30. The second kappa shape index (κ2) is 7.71. The zero-order chi connectivity index (χ0) is 21.6. The Kier molecular flexibility index (Phi) is 5.23. The summed E-state index contributed by atoms with van der Waals surface area (Å²) in [5, 5.41) is 9.35. The summed E-state index contributed by atoms with van der Waals surface area (Å²) >= 11 is 0. The Morgan fingerprint density at radius 2 is 2.13 bits per heavy atom. The van der Waals surface area contributed by atoms with Gasteiger partial charge >= 0.3 is 5.97 Å². The summed E-state index contributed by atoms with van der Waals surface area (Å²) < 4.78 is 36.7. The Hall–Kier alpha value is -2.94. The molecular formula is C21H23F2N3O4. The van der Waals surface area contributed by atoms with Crippen LogP contribution in [0.15, 0.2) is 28.5 Å². The van der Waals surface area contributed by atoms with Crippen LogP contribution in [0.1, 0.15) is 42.6 Å². The predicted molar refractivity (Wildman–Crippen MR) is 109 cm³/mol. The van der Waals surface area contributed by atoms with Gasteiger partial charge < -0.3 is 25.0 Å². The van der Waals surface area contributed by atoms with E-state index in [9.17, 15) is 19.1 Å². The number of pyridine rings is 1. The number of anilines is 1. The minimum Gasteiger partial charge on any atom is -0.487 e. The topological polar surface area (TPSA) is 97.8 Å². The maximum Gasteiger partial charge on any atom is 0.341 e. The molecule has 9 heteroatoms. The first-order valence-electron chi connectivity index (χ1n) is 9.92. The molecule has 160 valence electrons. The number of benzene rings is 1. The van der Waals surface area contributed by atoms with Crippen molar-refractivity contribution in [3.05, 3.63) is 45.3 Å². The molecule has 0 saturated carbocycles. The molecule has 0 bridgehead atoms. The van der Waals surface area contributed by atoms with Crippen LogP contribution in [0.4, 0.5) is 14.5 Å². The summed E-state index contributed by atoms with van der Waals surface area (Å²) in [4.78, 5) is 26.0. The van der Waals surface area contributed by atoms with Gasteiger partial charge in [0.2, 0.25) is 5.43 Å². The van der Waals surface area contributed by atoms with Gasteiger partial charge in [0.15, 0.2) is 11.6 Å². The predicted octanol–water partition coefficient (Wildman–Crippen LogP) is 2.96. The maximum atomic E-state index is 15.2. The average Bonchev–Trinajstić information content (AvgIpc) is 2.97. The smallest absolute Gasteiger partial charge is 0.341 e. The molecule has 2 aliphatic rings. The molecule has 1 aromatic carbocycles. The lowest BCUT2D eigenvalue weighted by atomic mass is 10.1. The first-order chi connectivity index (χ1) is 14.3. The van der Waals surface area contributed by atoms with Gasteiger partial charge in [-0.1, -0.05) is 0 Å². The number of carboxylic acid groups (broad SMARTS) is 1.